The third kappa shape index (κ3) is 4.28. The van der Waals surface area contributed by atoms with E-state index >= 15 is 0 Å². The van der Waals surface area contributed by atoms with Crippen LogP contribution in [0, 0.1) is 6.92 Å². The van der Waals surface area contributed by atoms with Crippen molar-refractivity contribution in [3.8, 4) is 10.4 Å². The van der Waals surface area contributed by atoms with E-state index in [0.717, 1.165) is 16.8 Å². The molecule has 138 valence electrons. The maximum Gasteiger partial charge on any atom is 0.302 e. The summed E-state index contributed by atoms with van der Waals surface area (Å²) in [6, 6.07) is 7.74. The number of thiazole rings is 1. The lowest BCUT2D eigenvalue weighted by atomic mass is 10.0. The van der Waals surface area contributed by atoms with Crippen LogP contribution in [0.25, 0.3) is 10.4 Å². The summed E-state index contributed by atoms with van der Waals surface area (Å²) >= 11 is 1.62. The first-order chi connectivity index (χ1) is 12.4. The summed E-state index contributed by atoms with van der Waals surface area (Å²) in [6.45, 7) is 5.85. The third-order valence-electron chi connectivity index (χ3n) is 4.52. The van der Waals surface area contributed by atoms with Crippen molar-refractivity contribution in [3.63, 3.8) is 0 Å². The summed E-state index contributed by atoms with van der Waals surface area (Å²) in [5.41, 5.74) is 5.05. The smallest absolute Gasteiger partial charge is 0.302 e. The molecule has 0 bridgehead atoms. The molecule has 0 saturated carbocycles. The highest BCUT2D eigenvalue weighted by Crippen LogP contribution is 2.28. The number of amides is 1. The van der Waals surface area contributed by atoms with Crippen LogP contribution in [0.3, 0.4) is 0 Å². The van der Waals surface area contributed by atoms with Crippen molar-refractivity contribution in [1.82, 2.24) is 15.6 Å². The Bertz CT molecular complexity index is 788. The molecular formula is C19H23N3O3S. The van der Waals surface area contributed by atoms with Crippen molar-refractivity contribution in [2.75, 3.05) is 6.54 Å². The third-order valence-corrected chi connectivity index (χ3v) is 5.49. The van der Waals surface area contributed by atoms with E-state index in [1.807, 2.05) is 31.5 Å². The fourth-order valence-corrected chi connectivity index (χ4v) is 3.94. The van der Waals surface area contributed by atoms with Gasteiger partial charge in [-0.3, -0.25) is 9.59 Å². The minimum absolute atomic E-state index is 0.0745. The molecule has 3 atom stereocenters. The number of carbonyl (C=O) groups is 2. The van der Waals surface area contributed by atoms with Crippen LogP contribution < -0.4 is 10.6 Å². The van der Waals surface area contributed by atoms with Crippen molar-refractivity contribution in [1.29, 1.82) is 0 Å². The van der Waals surface area contributed by atoms with Gasteiger partial charge in [0.05, 0.1) is 28.2 Å². The molecule has 2 aromatic rings. The Kier molecular flexibility index (Phi) is 5.68. The lowest BCUT2D eigenvalue weighted by Crippen LogP contribution is -2.41. The molecule has 1 fully saturated rings. The van der Waals surface area contributed by atoms with Gasteiger partial charge < -0.3 is 15.4 Å². The molecule has 1 aromatic carbocycles. The van der Waals surface area contributed by atoms with Crippen LogP contribution in [0.15, 0.2) is 29.8 Å². The molecule has 2 N–H and O–H groups in total. The maximum atomic E-state index is 12.4. The second-order valence-electron chi connectivity index (χ2n) is 6.55. The molecule has 0 radical (unpaired) electrons. The van der Waals surface area contributed by atoms with Gasteiger partial charge in [-0.25, -0.2) is 4.98 Å². The second-order valence-corrected chi connectivity index (χ2v) is 7.40. The molecule has 3 rings (SSSR count). The van der Waals surface area contributed by atoms with Gasteiger partial charge >= 0.3 is 5.97 Å². The van der Waals surface area contributed by atoms with E-state index in [2.05, 4.69) is 27.8 Å². The summed E-state index contributed by atoms with van der Waals surface area (Å²) in [5, 5.41) is 6.13. The summed E-state index contributed by atoms with van der Waals surface area (Å²) < 4.78 is 5.15. The number of hydrogen-bond donors (Lipinski definition) is 2. The van der Waals surface area contributed by atoms with Crippen LogP contribution in [-0.4, -0.2) is 35.6 Å². The Labute approximate surface area is 157 Å². The minimum atomic E-state index is -0.332. The predicted molar refractivity (Wildman–Crippen MR) is 101 cm³/mol. The summed E-state index contributed by atoms with van der Waals surface area (Å²) in [5.74, 6) is -0.392. The molecule has 2 heterocycles. The molecule has 1 aliphatic rings. The van der Waals surface area contributed by atoms with Crippen LogP contribution in [0.2, 0.25) is 0 Å². The Hall–Kier alpha value is -2.25. The minimum Gasteiger partial charge on any atom is -0.461 e. The Balaban J connectivity index is 1.58. The number of esters is 1. The monoisotopic (exact) mass is 373 g/mol. The number of aryl methyl sites for hydroxylation is 1. The molecule has 0 aliphatic carbocycles. The molecular weight excluding hydrogens is 350 g/mol. The fraction of sp³-hybridized carbons (Fsp3) is 0.421. The normalized spacial score (nSPS) is 20.6. The maximum absolute atomic E-state index is 12.4. The van der Waals surface area contributed by atoms with Crippen molar-refractivity contribution in [2.24, 2.45) is 0 Å². The van der Waals surface area contributed by atoms with Crippen LogP contribution >= 0.6 is 11.3 Å². The summed E-state index contributed by atoms with van der Waals surface area (Å²) in [7, 11) is 0. The number of carbonyl (C=O) groups excluding carboxylic acids is 2. The van der Waals surface area contributed by atoms with E-state index in [1.165, 1.54) is 11.8 Å². The van der Waals surface area contributed by atoms with E-state index in [9.17, 15) is 9.59 Å². The zero-order valence-electron chi connectivity index (χ0n) is 15.1. The summed E-state index contributed by atoms with van der Waals surface area (Å²) in [6.07, 6.45) is 0.266. The van der Waals surface area contributed by atoms with Crippen LogP contribution in [0.1, 0.15) is 37.6 Å². The highest BCUT2D eigenvalue weighted by Gasteiger charge is 2.31. The van der Waals surface area contributed by atoms with E-state index in [1.54, 1.807) is 11.3 Å². The van der Waals surface area contributed by atoms with Gasteiger partial charge in [-0.1, -0.05) is 24.3 Å². The highest BCUT2D eigenvalue weighted by molar-refractivity contribution is 7.13. The van der Waals surface area contributed by atoms with Gasteiger partial charge in [-0.2, -0.15) is 0 Å². The van der Waals surface area contributed by atoms with Crippen molar-refractivity contribution < 1.29 is 14.3 Å². The summed E-state index contributed by atoms with van der Waals surface area (Å²) in [4.78, 5) is 28.9. The standard InChI is InChI=1S/C19H23N3O3S/c1-11(22-19(24)17-8-16(9-20-17)25-13(3)23)14-4-6-15(7-5-14)18-12(2)21-10-26-18/h4-7,10-11,16-17,20H,8-9H2,1-3H3,(H,22,24)/t11-,16?,17?/m1/s1. The molecule has 6 nitrogen and oxygen atoms in total. The molecule has 2 unspecified atom stereocenters. The molecule has 0 spiro atoms. The van der Waals surface area contributed by atoms with Gasteiger partial charge in [0.1, 0.15) is 6.10 Å². The van der Waals surface area contributed by atoms with E-state index in [4.69, 9.17) is 4.74 Å². The molecule has 7 heteroatoms. The van der Waals surface area contributed by atoms with Gasteiger partial charge in [-0.15, -0.1) is 11.3 Å². The second kappa shape index (κ2) is 7.97. The van der Waals surface area contributed by atoms with Crippen LogP contribution in [0.4, 0.5) is 0 Å². The van der Waals surface area contributed by atoms with Crippen molar-refractivity contribution in [2.45, 2.75) is 45.4 Å². The van der Waals surface area contributed by atoms with Gasteiger partial charge in [0.25, 0.3) is 0 Å². The Morgan fingerprint density at radius 2 is 2.08 bits per heavy atom. The lowest BCUT2D eigenvalue weighted by molar-refractivity contribution is -0.145. The van der Waals surface area contributed by atoms with Crippen LogP contribution in [0.5, 0.6) is 0 Å². The number of nitrogens with one attached hydrogen (secondary N) is 2. The number of benzene rings is 1. The fourth-order valence-electron chi connectivity index (χ4n) is 3.13. The zero-order valence-corrected chi connectivity index (χ0v) is 15.9. The number of nitrogens with zero attached hydrogens (tertiary/aromatic N) is 1. The molecule has 1 amide bonds. The number of rotatable bonds is 5. The quantitative estimate of drug-likeness (QED) is 0.788. The SMILES string of the molecule is CC(=O)OC1CNC(C(=O)N[C@H](C)c2ccc(-c3scnc3C)cc2)C1. The van der Waals surface area contributed by atoms with Crippen molar-refractivity contribution in [3.05, 3.63) is 41.0 Å². The van der Waals surface area contributed by atoms with Gasteiger partial charge in [-0.05, 0) is 25.0 Å². The largest absolute Gasteiger partial charge is 0.461 e. The number of hydrogen-bond acceptors (Lipinski definition) is 6. The van der Waals surface area contributed by atoms with E-state index < -0.39 is 0 Å². The first-order valence-electron chi connectivity index (χ1n) is 8.65. The molecule has 1 aromatic heterocycles. The molecule has 26 heavy (non-hydrogen) atoms. The Morgan fingerprint density at radius 3 is 2.69 bits per heavy atom. The molecule has 1 aliphatic heterocycles. The zero-order chi connectivity index (χ0) is 18.7. The average Bonchev–Trinajstić information content (AvgIpc) is 3.23. The topological polar surface area (TPSA) is 80.3 Å². The highest BCUT2D eigenvalue weighted by atomic mass is 32.1. The van der Waals surface area contributed by atoms with Crippen LogP contribution in [-0.2, 0) is 14.3 Å². The molecule has 1 saturated heterocycles. The van der Waals surface area contributed by atoms with Gasteiger partial charge in [0.2, 0.25) is 5.91 Å². The Morgan fingerprint density at radius 1 is 1.35 bits per heavy atom. The van der Waals surface area contributed by atoms with E-state index in [0.29, 0.717) is 13.0 Å². The average molecular weight is 373 g/mol. The van der Waals surface area contributed by atoms with Crippen molar-refractivity contribution >= 4 is 23.2 Å². The first-order valence-corrected chi connectivity index (χ1v) is 9.53. The first kappa shape index (κ1) is 18.5. The lowest BCUT2D eigenvalue weighted by Gasteiger charge is -2.18. The number of aromatic nitrogens is 1. The predicted octanol–water partition coefficient (Wildman–Crippen LogP) is 2.59. The number of ether oxygens (including phenoxy) is 1. The van der Waals surface area contributed by atoms with Gasteiger partial charge in [0, 0.05) is 19.9 Å². The van der Waals surface area contributed by atoms with E-state index in [-0.39, 0.29) is 30.1 Å². The van der Waals surface area contributed by atoms with Gasteiger partial charge in [0.15, 0.2) is 0 Å².